The van der Waals surface area contributed by atoms with Crippen molar-refractivity contribution in [2.24, 2.45) is 0 Å². The number of amides is 1. The third-order valence-electron chi connectivity index (χ3n) is 2.37. The van der Waals surface area contributed by atoms with E-state index in [-0.39, 0.29) is 18.6 Å². The van der Waals surface area contributed by atoms with E-state index in [0.29, 0.717) is 5.69 Å². The lowest BCUT2D eigenvalue weighted by molar-refractivity contribution is -0.121. The van der Waals surface area contributed by atoms with Crippen molar-refractivity contribution in [3.63, 3.8) is 0 Å². The largest absolute Gasteiger partial charge is 0.399 e. The molecule has 1 aromatic rings. The maximum Gasteiger partial charge on any atom is 0.250 e. The molecule has 1 rings (SSSR count). The van der Waals surface area contributed by atoms with Crippen LogP contribution < -0.4 is 11.1 Å². The van der Waals surface area contributed by atoms with Crippen molar-refractivity contribution in [1.29, 1.82) is 0 Å². The predicted octanol–water partition coefficient (Wildman–Crippen LogP) is 2.25. The highest BCUT2D eigenvalue weighted by molar-refractivity contribution is 5.93. The molecule has 0 aliphatic heterocycles. The van der Waals surface area contributed by atoms with Gasteiger partial charge in [0.1, 0.15) is 6.61 Å². The highest BCUT2D eigenvalue weighted by Crippen LogP contribution is 2.23. The topological polar surface area (TPSA) is 64.3 Å². The van der Waals surface area contributed by atoms with E-state index in [9.17, 15) is 4.79 Å². The first kappa shape index (κ1) is 13.5. The lowest BCUT2D eigenvalue weighted by atomic mass is 10.1. The minimum Gasteiger partial charge on any atom is -0.399 e. The second-order valence-corrected chi connectivity index (χ2v) is 4.44. The Bertz CT molecular complexity index is 391. The van der Waals surface area contributed by atoms with Crippen molar-refractivity contribution in [3.8, 4) is 0 Å². The number of hydrogen-bond acceptors (Lipinski definition) is 3. The van der Waals surface area contributed by atoms with E-state index in [4.69, 9.17) is 10.5 Å². The van der Waals surface area contributed by atoms with E-state index in [1.165, 1.54) is 0 Å². The smallest absolute Gasteiger partial charge is 0.250 e. The minimum atomic E-state index is -0.144. The highest BCUT2D eigenvalue weighted by atomic mass is 16.5. The van der Waals surface area contributed by atoms with Gasteiger partial charge in [0.15, 0.2) is 0 Å². The molecule has 0 aliphatic rings. The van der Waals surface area contributed by atoms with Gasteiger partial charge >= 0.3 is 0 Å². The SMILES string of the molecule is Cc1cc(N)cc(C)c1NC(=O)COC(C)C. The average molecular weight is 236 g/mol. The van der Waals surface area contributed by atoms with Gasteiger partial charge in [0.05, 0.1) is 6.10 Å². The number of carbonyl (C=O) groups is 1. The van der Waals surface area contributed by atoms with Crippen LogP contribution >= 0.6 is 0 Å². The summed E-state index contributed by atoms with van der Waals surface area (Å²) in [6.07, 6.45) is 0.0503. The molecule has 0 saturated heterocycles. The van der Waals surface area contributed by atoms with Gasteiger partial charge in [0.2, 0.25) is 5.91 Å². The molecule has 0 atom stereocenters. The number of nitrogens with one attached hydrogen (secondary N) is 1. The number of benzene rings is 1. The fourth-order valence-electron chi connectivity index (χ4n) is 1.61. The lowest BCUT2D eigenvalue weighted by Crippen LogP contribution is -2.21. The van der Waals surface area contributed by atoms with Gasteiger partial charge in [-0.3, -0.25) is 4.79 Å². The number of nitrogens with two attached hydrogens (primary N) is 1. The van der Waals surface area contributed by atoms with Crippen molar-refractivity contribution in [3.05, 3.63) is 23.3 Å². The molecule has 4 nitrogen and oxygen atoms in total. The van der Waals surface area contributed by atoms with Crippen LogP contribution in [-0.4, -0.2) is 18.6 Å². The van der Waals surface area contributed by atoms with Crippen LogP contribution in [0.25, 0.3) is 0 Å². The van der Waals surface area contributed by atoms with Gasteiger partial charge in [-0.25, -0.2) is 0 Å². The Balaban J connectivity index is 2.72. The van der Waals surface area contributed by atoms with Crippen LogP contribution in [0.2, 0.25) is 0 Å². The normalized spacial score (nSPS) is 10.6. The lowest BCUT2D eigenvalue weighted by Gasteiger charge is -2.13. The third kappa shape index (κ3) is 4.07. The van der Waals surface area contributed by atoms with Gasteiger partial charge in [-0.05, 0) is 51.0 Å². The van der Waals surface area contributed by atoms with Crippen LogP contribution in [0.15, 0.2) is 12.1 Å². The van der Waals surface area contributed by atoms with E-state index in [1.807, 2.05) is 39.8 Å². The first-order valence-corrected chi connectivity index (χ1v) is 5.68. The van der Waals surface area contributed by atoms with Crippen LogP contribution in [-0.2, 0) is 9.53 Å². The summed E-state index contributed by atoms with van der Waals surface area (Å²) < 4.78 is 5.24. The Labute approximate surface area is 102 Å². The summed E-state index contributed by atoms with van der Waals surface area (Å²) in [5.41, 5.74) is 9.16. The summed E-state index contributed by atoms with van der Waals surface area (Å²) in [6.45, 7) is 7.70. The van der Waals surface area contributed by atoms with Crippen LogP contribution in [0.5, 0.6) is 0 Å². The van der Waals surface area contributed by atoms with E-state index >= 15 is 0 Å². The molecule has 0 unspecified atom stereocenters. The van der Waals surface area contributed by atoms with Gasteiger partial charge in [0.25, 0.3) is 0 Å². The zero-order valence-electron chi connectivity index (χ0n) is 10.8. The molecule has 0 bridgehead atoms. The minimum absolute atomic E-state index is 0.0503. The van der Waals surface area contributed by atoms with E-state index < -0.39 is 0 Å². The molecule has 1 amide bonds. The first-order valence-electron chi connectivity index (χ1n) is 5.68. The molecule has 4 heteroatoms. The Hall–Kier alpha value is -1.55. The predicted molar refractivity (Wildman–Crippen MR) is 70.0 cm³/mol. The second-order valence-electron chi connectivity index (χ2n) is 4.44. The molecule has 3 N–H and O–H groups in total. The fourth-order valence-corrected chi connectivity index (χ4v) is 1.61. The van der Waals surface area contributed by atoms with Crippen LogP contribution in [0.1, 0.15) is 25.0 Å². The van der Waals surface area contributed by atoms with Crippen LogP contribution in [0, 0.1) is 13.8 Å². The number of nitrogen functional groups attached to an aromatic ring is 1. The van der Waals surface area contributed by atoms with E-state index in [0.717, 1.165) is 16.8 Å². The van der Waals surface area contributed by atoms with E-state index in [2.05, 4.69) is 5.32 Å². The highest BCUT2D eigenvalue weighted by Gasteiger charge is 2.09. The fraction of sp³-hybridized carbons (Fsp3) is 0.462. The third-order valence-corrected chi connectivity index (χ3v) is 2.37. The molecule has 0 fully saturated rings. The second kappa shape index (κ2) is 5.68. The molecule has 1 aromatic carbocycles. The van der Waals surface area contributed by atoms with Crippen molar-refractivity contribution < 1.29 is 9.53 Å². The molecule has 0 spiro atoms. The maximum atomic E-state index is 11.6. The molecular formula is C13H20N2O2. The van der Waals surface area contributed by atoms with Crippen molar-refractivity contribution in [1.82, 2.24) is 0 Å². The number of hydrogen-bond donors (Lipinski definition) is 2. The van der Waals surface area contributed by atoms with Gasteiger partial charge in [-0.2, -0.15) is 0 Å². The van der Waals surface area contributed by atoms with Crippen molar-refractivity contribution in [2.75, 3.05) is 17.7 Å². The molecule has 0 heterocycles. The quantitative estimate of drug-likeness (QED) is 0.788. The molecule has 0 saturated carbocycles. The number of anilines is 2. The van der Waals surface area contributed by atoms with Crippen LogP contribution in [0.3, 0.4) is 0 Å². The van der Waals surface area contributed by atoms with Crippen molar-refractivity contribution in [2.45, 2.75) is 33.8 Å². The number of rotatable bonds is 4. The molecule has 17 heavy (non-hydrogen) atoms. The Morgan fingerprint density at radius 3 is 2.35 bits per heavy atom. The first-order chi connectivity index (χ1) is 7.90. The molecule has 0 aromatic heterocycles. The van der Waals surface area contributed by atoms with Gasteiger partial charge in [0, 0.05) is 11.4 Å². The number of ether oxygens (including phenoxy) is 1. The average Bonchev–Trinajstić information content (AvgIpc) is 2.20. The number of aryl methyl sites for hydroxylation is 2. The molecular weight excluding hydrogens is 216 g/mol. The standard InChI is InChI=1S/C13H20N2O2/c1-8(2)17-7-12(16)15-13-9(3)5-11(14)6-10(13)4/h5-6,8H,7,14H2,1-4H3,(H,15,16). The van der Waals surface area contributed by atoms with Gasteiger partial charge in [-0.1, -0.05) is 0 Å². The summed E-state index contributed by atoms with van der Waals surface area (Å²) in [6, 6.07) is 3.68. The zero-order chi connectivity index (χ0) is 13.0. The number of carbonyl (C=O) groups excluding carboxylic acids is 1. The summed E-state index contributed by atoms with van der Waals surface area (Å²) in [5, 5.41) is 2.84. The van der Waals surface area contributed by atoms with E-state index in [1.54, 1.807) is 0 Å². The van der Waals surface area contributed by atoms with Gasteiger partial charge < -0.3 is 15.8 Å². The Kier molecular flexibility index (Phi) is 4.52. The molecule has 0 aliphatic carbocycles. The summed E-state index contributed by atoms with van der Waals surface area (Å²) in [4.78, 5) is 11.6. The summed E-state index contributed by atoms with van der Waals surface area (Å²) in [7, 11) is 0. The maximum absolute atomic E-state index is 11.6. The molecule has 0 radical (unpaired) electrons. The summed E-state index contributed by atoms with van der Waals surface area (Å²) in [5.74, 6) is -0.144. The Morgan fingerprint density at radius 2 is 1.88 bits per heavy atom. The van der Waals surface area contributed by atoms with Gasteiger partial charge in [-0.15, -0.1) is 0 Å². The van der Waals surface area contributed by atoms with Crippen LogP contribution in [0.4, 0.5) is 11.4 Å². The van der Waals surface area contributed by atoms with Crippen molar-refractivity contribution >= 4 is 17.3 Å². The Morgan fingerprint density at radius 1 is 1.35 bits per heavy atom. The summed E-state index contributed by atoms with van der Waals surface area (Å²) >= 11 is 0. The monoisotopic (exact) mass is 236 g/mol. The zero-order valence-corrected chi connectivity index (χ0v) is 10.8. The molecule has 94 valence electrons.